The van der Waals surface area contributed by atoms with Crippen LogP contribution in [0, 0.1) is 12.8 Å². The molecule has 0 saturated carbocycles. The zero-order valence-corrected chi connectivity index (χ0v) is 21.8. The third-order valence-electron chi connectivity index (χ3n) is 7.00. The molecular weight excluding hydrogens is 501 g/mol. The molecule has 192 valence electrons. The molecule has 1 fully saturated rings. The lowest BCUT2D eigenvalue weighted by Crippen LogP contribution is -2.44. The van der Waals surface area contributed by atoms with Crippen molar-refractivity contribution < 1.29 is 19.0 Å². The van der Waals surface area contributed by atoms with E-state index in [4.69, 9.17) is 14.2 Å². The molecule has 3 aliphatic heterocycles. The number of rotatable bonds is 4. The van der Waals surface area contributed by atoms with E-state index in [9.17, 15) is 4.79 Å². The lowest BCUT2D eigenvalue weighted by Gasteiger charge is -2.36. The van der Waals surface area contributed by atoms with Gasteiger partial charge in [0.05, 0.1) is 11.2 Å². The summed E-state index contributed by atoms with van der Waals surface area (Å²) >= 11 is 0. The second-order valence-corrected chi connectivity index (χ2v) is 9.58. The lowest BCUT2D eigenvalue weighted by molar-refractivity contribution is -0.118. The molecular formula is C27H31Cl2N3O4. The predicted molar refractivity (Wildman–Crippen MR) is 144 cm³/mol. The van der Waals surface area contributed by atoms with E-state index in [1.54, 1.807) is 0 Å². The van der Waals surface area contributed by atoms with Crippen molar-refractivity contribution in [1.82, 2.24) is 9.88 Å². The molecule has 0 unspecified atom stereocenters. The number of halogens is 2. The first-order valence-electron chi connectivity index (χ1n) is 12.1. The van der Waals surface area contributed by atoms with E-state index in [1.807, 2.05) is 31.2 Å². The number of nitrogens with zero attached hydrogens (tertiary/aromatic N) is 2. The molecule has 0 radical (unpaired) electrons. The highest BCUT2D eigenvalue weighted by atomic mass is 35.5. The number of amides is 1. The average molecular weight is 532 g/mol. The van der Waals surface area contributed by atoms with Gasteiger partial charge in [-0.05, 0) is 87.2 Å². The Morgan fingerprint density at radius 3 is 2.67 bits per heavy atom. The normalized spacial score (nSPS) is 19.4. The monoisotopic (exact) mass is 531 g/mol. The Hall–Kier alpha value is -2.74. The number of aryl methyl sites for hydroxylation is 1. The summed E-state index contributed by atoms with van der Waals surface area (Å²) in [4.78, 5) is 18.7. The van der Waals surface area contributed by atoms with Crippen LogP contribution in [0.5, 0.6) is 17.2 Å². The van der Waals surface area contributed by atoms with Crippen LogP contribution >= 0.6 is 24.8 Å². The zero-order valence-electron chi connectivity index (χ0n) is 20.2. The smallest absolute Gasteiger partial charge is 0.262 e. The van der Waals surface area contributed by atoms with Crippen molar-refractivity contribution in [3.63, 3.8) is 0 Å². The molecule has 3 aromatic rings. The Morgan fingerprint density at radius 2 is 1.83 bits per heavy atom. The average Bonchev–Trinajstić information content (AvgIpc) is 2.84. The summed E-state index contributed by atoms with van der Waals surface area (Å²) in [5.41, 5.74) is 3.98. The Kier molecular flexibility index (Phi) is 8.13. The van der Waals surface area contributed by atoms with Gasteiger partial charge in [0, 0.05) is 17.6 Å². The third-order valence-corrected chi connectivity index (χ3v) is 7.00. The maximum atomic E-state index is 11.6. The fourth-order valence-corrected chi connectivity index (χ4v) is 5.22. The van der Waals surface area contributed by atoms with Gasteiger partial charge >= 0.3 is 0 Å². The fourth-order valence-electron chi connectivity index (χ4n) is 5.22. The first-order chi connectivity index (χ1) is 16.6. The molecule has 1 aromatic heterocycles. The molecule has 3 aliphatic rings. The van der Waals surface area contributed by atoms with Crippen LogP contribution in [0.3, 0.4) is 0 Å². The third kappa shape index (κ3) is 5.48. The number of ether oxygens (including phenoxy) is 3. The van der Waals surface area contributed by atoms with Gasteiger partial charge in [-0.25, -0.2) is 0 Å². The number of nitrogens with one attached hydrogen (secondary N) is 1. The Morgan fingerprint density at radius 1 is 1.03 bits per heavy atom. The van der Waals surface area contributed by atoms with E-state index < -0.39 is 0 Å². The largest absolute Gasteiger partial charge is 0.486 e. The van der Waals surface area contributed by atoms with Gasteiger partial charge in [-0.2, -0.15) is 0 Å². The number of aromatic nitrogens is 1. The summed E-state index contributed by atoms with van der Waals surface area (Å²) < 4.78 is 17.9. The highest BCUT2D eigenvalue weighted by Gasteiger charge is 2.28. The predicted octanol–water partition coefficient (Wildman–Crippen LogP) is 4.81. The molecule has 7 nitrogen and oxygen atoms in total. The molecule has 1 N–H and O–H groups in total. The molecule has 6 rings (SSSR count). The van der Waals surface area contributed by atoms with Crippen LogP contribution in [0.2, 0.25) is 0 Å². The van der Waals surface area contributed by atoms with Crippen LogP contribution in [0.1, 0.15) is 24.1 Å². The number of fused-ring (bicyclic) bond motifs is 4. The highest BCUT2D eigenvalue weighted by Crippen LogP contribution is 2.38. The van der Waals surface area contributed by atoms with Crippen molar-refractivity contribution >= 4 is 47.3 Å². The van der Waals surface area contributed by atoms with Gasteiger partial charge in [0.1, 0.15) is 18.5 Å². The molecule has 1 saturated heterocycles. The van der Waals surface area contributed by atoms with Crippen molar-refractivity contribution in [2.24, 2.45) is 5.92 Å². The molecule has 0 bridgehead atoms. The molecule has 36 heavy (non-hydrogen) atoms. The molecule has 9 heteroatoms. The highest BCUT2D eigenvalue weighted by molar-refractivity contribution is 5.95. The summed E-state index contributed by atoms with van der Waals surface area (Å²) in [5.74, 6) is 2.93. The zero-order chi connectivity index (χ0) is 23.1. The number of carbonyl (C=O) groups excluding carboxylic acids is 1. The van der Waals surface area contributed by atoms with E-state index in [2.05, 4.69) is 33.4 Å². The summed E-state index contributed by atoms with van der Waals surface area (Å²) in [5, 5.41) is 3.92. The van der Waals surface area contributed by atoms with Gasteiger partial charge in [-0.3, -0.25) is 14.7 Å². The van der Waals surface area contributed by atoms with Crippen LogP contribution in [0.15, 0.2) is 42.5 Å². The van der Waals surface area contributed by atoms with Crippen molar-refractivity contribution in [2.45, 2.75) is 32.3 Å². The quantitative estimate of drug-likeness (QED) is 0.520. The Labute approximate surface area is 223 Å². The lowest BCUT2D eigenvalue weighted by atomic mass is 9.90. The van der Waals surface area contributed by atoms with Crippen LogP contribution in [-0.4, -0.2) is 54.7 Å². The van der Waals surface area contributed by atoms with Crippen LogP contribution < -0.4 is 19.5 Å². The second kappa shape index (κ2) is 11.1. The number of benzene rings is 2. The number of likely N-dealkylation sites (tertiary alicyclic amines) is 1. The van der Waals surface area contributed by atoms with Crippen molar-refractivity contribution in [2.75, 3.05) is 38.2 Å². The number of carbonyl (C=O) groups is 1. The molecule has 1 atom stereocenters. The van der Waals surface area contributed by atoms with Gasteiger partial charge in [0.15, 0.2) is 18.1 Å². The molecule has 4 heterocycles. The first-order valence-corrected chi connectivity index (χ1v) is 12.1. The second-order valence-electron chi connectivity index (χ2n) is 9.58. The summed E-state index contributed by atoms with van der Waals surface area (Å²) in [6.45, 7) is 5.64. The molecule has 0 spiro atoms. The number of hydrogen-bond donors (Lipinski definition) is 1. The van der Waals surface area contributed by atoms with Crippen molar-refractivity contribution in [3.8, 4) is 17.2 Å². The van der Waals surface area contributed by atoms with Crippen LogP contribution in [-0.2, 0) is 11.2 Å². The van der Waals surface area contributed by atoms with Gasteiger partial charge in [-0.1, -0.05) is 6.07 Å². The first kappa shape index (κ1) is 26.3. The molecule has 0 aliphatic carbocycles. The summed E-state index contributed by atoms with van der Waals surface area (Å²) in [7, 11) is 0. The minimum Gasteiger partial charge on any atom is -0.486 e. The van der Waals surface area contributed by atoms with E-state index in [0.717, 1.165) is 78.4 Å². The van der Waals surface area contributed by atoms with Gasteiger partial charge < -0.3 is 19.5 Å². The minimum absolute atomic E-state index is 0. The number of pyridine rings is 1. The van der Waals surface area contributed by atoms with Crippen LogP contribution in [0.4, 0.5) is 5.69 Å². The SMILES string of the molecule is Cc1ccc2c3c(ccc2n1)OC[C@H](CN1CCC(Cc2ccc4c(c2)NC(=O)CO4)CC1)O3.Cl.Cl. The number of piperidine rings is 1. The number of anilines is 1. The van der Waals surface area contributed by atoms with Crippen molar-refractivity contribution in [1.29, 1.82) is 0 Å². The minimum atomic E-state index is -0.0890. The summed E-state index contributed by atoms with van der Waals surface area (Å²) in [6, 6.07) is 14.2. The van der Waals surface area contributed by atoms with E-state index >= 15 is 0 Å². The van der Waals surface area contributed by atoms with Gasteiger partial charge in [-0.15, -0.1) is 24.8 Å². The maximum absolute atomic E-state index is 11.6. The van der Waals surface area contributed by atoms with Crippen molar-refractivity contribution in [3.05, 3.63) is 53.7 Å². The van der Waals surface area contributed by atoms with Crippen LogP contribution in [0.25, 0.3) is 10.9 Å². The topological polar surface area (TPSA) is 72.9 Å². The molecule has 2 aromatic carbocycles. The van der Waals surface area contributed by atoms with Gasteiger partial charge in [0.2, 0.25) is 0 Å². The standard InChI is InChI=1S/C27H29N3O4.2ClH/c1-17-2-4-21-22(28-17)5-7-25-27(21)34-20(15-32-25)14-30-10-8-18(9-11-30)12-19-3-6-24-23(13-19)29-26(31)16-33-24;;/h2-7,13,18,20H,8-12,14-16H2,1H3,(H,29,31);2*1H/t20-;;/m0../s1. The van der Waals surface area contributed by atoms with E-state index in [-0.39, 0.29) is 43.4 Å². The maximum Gasteiger partial charge on any atom is 0.262 e. The van der Waals surface area contributed by atoms with E-state index in [0.29, 0.717) is 12.5 Å². The fraction of sp³-hybridized carbons (Fsp3) is 0.407. The Balaban J connectivity index is 0.00000152. The van der Waals surface area contributed by atoms with E-state index in [1.165, 1.54) is 5.56 Å². The number of hydrogen-bond acceptors (Lipinski definition) is 6. The molecule has 1 amide bonds. The van der Waals surface area contributed by atoms with Gasteiger partial charge in [0.25, 0.3) is 5.91 Å². The Bertz CT molecular complexity index is 1250. The summed E-state index contributed by atoms with van der Waals surface area (Å²) in [6.07, 6.45) is 3.33.